The first kappa shape index (κ1) is 16.2. The lowest BCUT2D eigenvalue weighted by Crippen LogP contribution is -2.23. The molecule has 0 aliphatic heterocycles. The Balaban J connectivity index is 2.89. The Hall–Kier alpha value is -1.81. The number of rotatable bonds is 5. The lowest BCUT2D eigenvalue weighted by atomic mass is 10.1. The van der Waals surface area contributed by atoms with Crippen molar-refractivity contribution in [2.45, 2.75) is 39.9 Å². The summed E-state index contributed by atoms with van der Waals surface area (Å²) < 4.78 is 10.6. The fourth-order valence-corrected chi connectivity index (χ4v) is 1.61. The van der Waals surface area contributed by atoms with Crippen molar-refractivity contribution in [3.8, 4) is 5.75 Å². The molecule has 20 heavy (non-hydrogen) atoms. The van der Waals surface area contributed by atoms with Crippen molar-refractivity contribution >= 4 is 12.0 Å². The molecule has 0 saturated heterocycles. The van der Waals surface area contributed by atoms with Crippen molar-refractivity contribution < 1.29 is 19.4 Å². The molecule has 0 aliphatic carbocycles. The van der Waals surface area contributed by atoms with Gasteiger partial charge in [-0.05, 0) is 51.5 Å². The van der Waals surface area contributed by atoms with Crippen molar-refractivity contribution in [1.82, 2.24) is 0 Å². The molecule has 1 rings (SSSR count). The molecule has 0 spiro atoms. The SMILES string of the molecule is CCOC(=O)/C=C/c1ccc(OC(C)(C)C)c(CO)c1. The Labute approximate surface area is 120 Å². The van der Waals surface area contributed by atoms with Gasteiger partial charge in [0.2, 0.25) is 0 Å². The zero-order valence-electron chi connectivity index (χ0n) is 12.5. The summed E-state index contributed by atoms with van der Waals surface area (Å²) in [5.74, 6) is 0.265. The first-order chi connectivity index (χ1) is 9.35. The second kappa shape index (κ2) is 7.10. The van der Waals surface area contributed by atoms with E-state index in [0.29, 0.717) is 17.9 Å². The van der Waals surface area contributed by atoms with Crippen LogP contribution in [-0.4, -0.2) is 23.3 Å². The van der Waals surface area contributed by atoms with Crippen LogP contribution in [0.5, 0.6) is 5.75 Å². The van der Waals surface area contributed by atoms with Crippen LogP contribution in [-0.2, 0) is 16.1 Å². The molecule has 0 unspecified atom stereocenters. The van der Waals surface area contributed by atoms with E-state index in [2.05, 4.69) is 0 Å². The Kier molecular flexibility index (Phi) is 5.77. The maximum absolute atomic E-state index is 11.2. The minimum absolute atomic E-state index is 0.119. The summed E-state index contributed by atoms with van der Waals surface area (Å²) in [4.78, 5) is 11.2. The van der Waals surface area contributed by atoms with E-state index in [1.165, 1.54) is 6.08 Å². The third-order valence-electron chi connectivity index (χ3n) is 2.37. The zero-order chi connectivity index (χ0) is 15.2. The van der Waals surface area contributed by atoms with Crippen LogP contribution in [0.1, 0.15) is 38.8 Å². The first-order valence-corrected chi connectivity index (χ1v) is 6.63. The van der Waals surface area contributed by atoms with Gasteiger partial charge < -0.3 is 14.6 Å². The van der Waals surface area contributed by atoms with Gasteiger partial charge in [-0.25, -0.2) is 4.79 Å². The summed E-state index contributed by atoms with van der Waals surface area (Å²) in [6.45, 7) is 7.83. The van der Waals surface area contributed by atoms with Gasteiger partial charge in [-0.1, -0.05) is 6.07 Å². The largest absolute Gasteiger partial charge is 0.488 e. The number of hydrogen-bond donors (Lipinski definition) is 1. The first-order valence-electron chi connectivity index (χ1n) is 6.63. The van der Waals surface area contributed by atoms with E-state index < -0.39 is 0 Å². The van der Waals surface area contributed by atoms with Crippen LogP contribution in [0.2, 0.25) is 0 Å². The van der Waals surface area contributed by atoms with E-state index in [9.17, 15) is 9.90 Å². The van der Waals surface area contributed by atoms with Crippen molar-refractivity contribution in [3.05, 3.63) is 35.4 Å². The molecule has 0 amide bonds. The predicted molar refractivity (Wildman–Crippen MR) is 78.4 cm³/mol. The number of ether oxygens (including phenoxy) is 2. The van der Waals surface area contributed by atoms with Gasteiger partial charge in [0, 0.05) is 11.6 Å². The van der Waals surface area contributed by atoms with E-state index in [1.54, 1.807) is 25.1 Å². The second-order valence-electron chi connectivity index (χ2n) is 5.33. The number of aliphatic hydroxyl groups is 1. The number of esters is 1. The van der Waals surface area contributed by atoms with Crippen molar-refractivity contribution in [1.29, 1.82) is 0 Å². The molecule has 0 fully saturated rings. The fraction of sp³-hybridized carbons (Fsp3) is 0.438. The van der Waals surface area contributed by atoms with Gasteiger partial charge in [0.25, 0.3) is 0 Å². The summed E-state index contributed by atoms with van der Waals surface area (Å²) in [6.07, 6.45) is 3.02. The molecule has 0 bridgehead atoms. The maximum atomic E-state index is 11.2. The highest BCUT2D eigenvalue weighted by Crippen LogP contribution is 2.25. The molecule has 0 atom stereocenters. The van der Waals surface area contributed by atoms with Gasteiger partial charge in [-0.15, -0.1) is 0 Å². The molecule has 0 aromatic heterocycles. The van der Waals surface area contributed by atoms with Gasteiger partial charge in [-0.2, -0.15) is 0 Å². The number of hydrogen-bond acceptors (Lipinski definition) is 4. The van der Waals surface area contributed by atoms with Crippen molar-refractivity contribution in [2.75, 3.05) is 6.61 Å². The Morgan fingerprint density at radius 1 is 1.35 bits per heavy atom. The number of carbonyl (C=O) groups is 1. The lowest BCUT2D eigenvalue weighted by Gasteiger charge is -2.23. The van der Waals surface area contributed by atoms with E-state index >= 15 is 0 Å². The highest BCUT2D eigenvalue weighted by atomic mass is 16.5. The summed E-state index contributed by atoms with van der Waals surface area (Å²) >= 11 is 0. The van der Waals surface area contributed by atoms with Crippen molar-refractivity contribution in [2.24, 2.45) is 0 Å². The zero-order valence-corrected chi connectivity index (χ0v) is 12.5. The molecule has 1 aromatic rings. The van der Waals surface area contributed by atoms with Crippen LogP contribution in [0.4, 0.5) is 0 Å². The number of aliphatic hydroxyl groups excluding tert-OH is 1. The third kappa shape index (κ3) is 5.45. The molecular formula is C16H22O4. The molecule has 0 aliphatic rings. The van der Waals surface area contributed by atoms with Crippen LogP contribution in [0.25, 0.3) is 6.08 Å². The summed E-state index contributed by atoms with van der Waals surface area (Å²) in [7, 11) is 0. The lowest BCUT2D eigenvalue weighted by molar-refractivity contribution is -0.137. The number of carbonyl (C=O) groups excluding carboxylic acids is 1. The fourth-order valence-electron chi connectivity index (χ4n) is 1.61. The summed E-state index contributed by atoms with van der Waals surface area (Å²) in [5, 5.41) is 9.41. The van der Waals surface area contributed by atoms with Crippen LogP contribution in [0.3, 0.4) is 0 Å². The molecule has 4 heteroatoms. The third-order valence-corrected chi connectivity index (χ3v) is 2.37. The minimum atomic E-state index is -0.381. The molecule has 110 valence electrons. The average Bonchev–Trinajstić information content (AvgIpc) is 2.36. The molecule has 0 heterocycles. The predicted octanol–water partition coefficient (Wildman–Crippen LogP) is 2.93. The van der Waals surface area contributed by atoms with Gasteiger partial charge in [0.05, 0.1) is 13.2 Å². The normalized spacial score (nSPS) is 11.7. The molecular weight excluding hydrogens is 256 g/mol. The maximum Gasteiger partial charge on any atom is 0.330 e. The van der Waals surface area contributed by atoms with Crippen LogP contribution in [0, 0.1) is 0 Å². The van der Waals surface area contributed by atoms with Crippen LogP contribution >= 0.6 is 0 Å². The van der Waals surface area contributed by atoms with Crippen LogP contribution in [0.15, 0.2) is 24.3 Å². The summed E-state index contributed by atoms with van der Waals surface area (Å²) in [6, 6.07) is 5.41. The van der Waals surface area contributed by atoms with E-state index in [0.717, 1.165) is 5.56 Å². The summed E-state index contributed by atoms with van der Waals surface area (Å²) in [5.41, 5.74) is 1.17. The van der Waals surface area contributed by atoms with Gasteiger partial charge in [0.15, 0.2) is 0 Å². The topological polar surface area (TPSA) is 55.8 Å². The van der Waals surface area contributed by atoms with Gasteiger partial charge >= 0.3 is 5.97 Å². The molecule has 4 nitrogen and oxygen atoms in total. The Morgan fingerprint density at radius 3 is 2.60 bits per heavy atom. The number of benzene rings is 1. The van der Waals surface area contributed by atoms with Crippen LogP contribution < -0.4 is 4.74 Å². The van der Waals surface area contributed by atoms with E-state index in [4.69, 9.17) is 9.47 Å². The molecule has 0 saturated carbocycles. The highest BCUT2D eigenvalue weighted by molar-refractivity contribution is 5.87. The monoisotopic (exact) mass is 278 g/mol. The highest BCUT2D eigenvalue weighted by Gasteiger charge is 2.14. The Bertz CT molecular complexity index is 484. The standard InChI is InChI=1S/C16H22O4/c1-5-19-15(18)9-7-12-6-8-14(13(10-12)11-17)20-16(2,3)4/h6-10,17H,5,11H2,1-4H3/b9-7+. The van der Waals surface area contributed by atoms with Gasteiger partial charge in [-0.3, -0.25) is 0 Å². The van der Waals surface area contributed by atoms with Crippen molar-refractivity contribution in [3.63, 3.8) is 0 Å². The Morgan fingerprint density at radius 2 is 2.05 bits per heavy atom. The van der Waals surface area contributed by atoms with Gasteiger partial charge in [0.1, 0.15) is 11.4 Å². The molecule has 1 aromatic carbocycles. The van der Waals surface area contributed by atoms with E-state index in [1.807, 2.05) is 26.8 Å². The quantitative estimate of drug-likeness (QED) is 0.664. The minimum Gasteiger partial charge on any atom is -0.488 e. The molecule has 1 N–H and O–H groups in total. The smallest absolute Gasteiger partial charge is 0.330 e. The average molecular weight is 278 g/mol. The molecule has 0 radical (unpaired) electrons. The van der Waals surface area contributed by atoms with E-state index in [-0.39, 0.29) is 18.2 Å². The second-order valence-corrected chi connectivity index (χ2v) is 5.33.